The highest BCUT2D eigenvalue weighted by Gasteiger charge is 2.27. The number of nitrogens with zero attached hydrogens (tertiary/aromatic N) is 1. The maximum atomic E-state index is 6.01. The molecular formula is C13H15ClN2O. The highest BCUT2D eigenvalue weighted by Crippen LogP contribution is 2.35. The Balaban J connectivity index is 2.04. The Kier molecular flexibility index (Phi) is 2.60. The third-order valence-electron chi connectivity index (χ3n) is 3.48. The molecule has 1 heterocycles. The van der Waals surface area contributed by atoms with Gasteiger partial charge in [0.05, 0.1) is 0 Å². The minimum atomic E-state index is 0.291. The van der Waals surface area contributed by atoms with E-state index in [4.69, 9.17) is 21.8 Å². The standard InChI is InChI=1S/C13H15ClN2O/c1-7-4-9(14)6-11-12(7)17-13(16-11)8-2-3-10(15)5-8/h4,6,8,10H,2-3,5,15H2,1H3. The fraction of sp³-hybridized carbons (Fsp3) is 0.462. The maximum Gasteiger partial charge on any atom is 0.198 e. The molecule has 0 saturated heterocycles. The third kappa shape index (κ3) is 1.94. The van der Waals surface area contributed by atoms with E-state index in [2.05, 4.69) is 4.98 Å². The lowest BCUT2D eigenvalue weighted by Gasteiger charge is -2.02. The van der Waals surface area contributed by atoms with Crippen molar-refractivity contribution in [2.75, 3.05) is 0 Å². The minimum absolute atomic E-state index is 0.291. The van der Waals surface area contributed by atoms with Crippen LogP contribution < -0.4 is 5.73 Å². The molecule has 1 fully saturated rings. The number of fused-ring (bicyclic) bond motifs is 1. The van der Waals surface area contributed by atoms with Crippen molar-refractivity contribution >= 4 is 22.7 Å². The van der Waals surface area contributed by atoms with Crippen molar-refractivity contribution in [2.24, 2.45) is 5.73 Å². The Labute approximate surface area is 105 Å². The predicted octanol–water partition coefficient (Wildman–Crippen LogP) is 3.38. The number of aromatic nitrogens is 1. The molecule has 2 aromatic rings. The largest absolute Gasteiger partial charge is 0.440 e. The van der Waals surface area contributed by atoms with Gasteiger partial charge in [-0.2, -0.15) is 0 Å². The summed E-state index contributed by atoms with van der Waals surface area (Å²) in [4.78, 5) is 4.54. The number of nitrogens with two attached hydrogens (primary N) is 1. The van der Waals surface area contributed by atoms with Crippen LogP contribution in [0.4, 0.5) is 0 Å². The Bertz CT molecular complexity index is 564. The smallest absolute Gasteiger partial charge is 0.198 e. The zero-order valence-electron chi connectivity index (χ0n) is 9.74. The zero-order valence-corrected chi connectivity index (χ0v) is 10.5. The van der Waals surface area contributed by atoms with Crippen LogP contribution in [0, 0.1) is 6.92 Å². The van der Waals surface area contributed by atoms with Gasteiger partial charge in [0.15, 0.2) is 11.5 Å². The molecule has 2 N–H and O–H groups in total. The summed E-state index contributed by atoms with van der Waals surface area (Å²) >= 11 is 6.01. The number of hydrogen-bond acceptors (Lipinski definition) is 3. The Morgan fingerprint density at radius 2 is 2.24 bits per heavy atom. The number of halogens is 1. The van der Waals surface area contributed by atoms with E-state index < -0.39 is 0 Å². The summed E-state index contributed by atoms with van der Waals surface area (Å²) in [5.74, 6) is 1.19. The first-order valence-electron chi connectivity index (χ1n) is 5.95. The van der Waals surface area contributed by atoms with Gasteiger partial charge in [0, 0.05) is 17.0 Å². The van der Waals surface area contributed by atoms with Gasteiger partial charge in [0.2, 0.25) is 0 Å². The van der Waals surface area contributed by atoms with Gasteiger partial charge in [0.25, 0.3) is 0 Å². The van der Waals surface area contributed by atoms with Gasteiger partial charge >= 0.3 is 0 Å². The lowest BCUT2D eigenvalue weighted by Crippen LogP contribution is -2.14. The predicted molar refractivity (Wildman–Crippen MR) is 68.3 cm³/mol. The van der Waals surface area contributed by atoms with Crippen LogP contribution in [-0.2, 0) is 0 Å². The molecule has 4 heteroatoms. The molecule has 0 bridgehead atoms. The second-order valence-electron chi connectivity index (χ2n) is 4.89. The molecule has 0 spiro atoms. The molecule has 1 aromatic carbocycles. The van der Waals surface area contributed by atoms with Gasteiger partial charge in [-0.15, -0.1) is 0 Å². The summed E-state index contributed by atoms with van der Waals surface area (Å²) in [7, 11) is 0. The van der Waals surface area contributed by atoms with E-state index in [-0.39, 0.29) is 0 Å². The molecule has 1 aromatic heterocycles. The average molecular weight is 251 g/mol. The summed E-state index contributed by atoms with van der Waals surface area (Å²) in [6.07, 6.45) is 3.10. The lowest BCUT2D eigenvalue weighted by atomic mass is 10.1. The van der Waals surface area contributed by atoms with Crippen LogP contribution in [0.5, 0.6) is 0 Å². The van der Waals surface area contributed by atoms with E-state index in [9.17, 15) is 0 Å². The SMILES string of the molecule is Cc1cc(Cl)cc2nc(C3CCC(N)C3)oc12. The van der Waals surface area contributed by atoms with Crippen LogP contribution in [0.3, 0.4) is 0 Å². The Morgan fingerprint density at radius 3 is 2.94 bits per heavy atom. The van der Waals surface area contributed by atoms with Crippen molar-refractivity contribution in [3.63, 3.8) is 0 Å². The van der Waals surface area contributed by atoms with E-state index in [0.717, 1.165) is 41.8 Å². The topological polar surface area (TPSA) is 52.0 Å². The van der Waals surface area contributed by atoms with Crippen LogP contribution >= 0.6 is 11.6 Å². The van der Waals surface area contributed by atoms with Gasteiger partial charge in [-0.3, -0.25) is 0 Å². The van der Waals surface area contributed by atoms with Crippen LogP contribution in [0.2, 0.25) is 5.02 Å². The van der Waals surface area contributed by atoms with E-state index in [1.54, 1.807) is 0 Å². The molecule has 90 valence electrons. The normalized spacial score (nSPS) is 24.6. The molecule has 3 rings (SSSR count). The van der Waals surface area contributed by atoms with Crippen LogP contribution in [0.15, 0.2) is 16.5 Å². The molecular weight excluding hydrogens is 236 g/mol. The van der Waals surface area contributed by atoms with Crippen LogP contribution in [-0.4, -0.2) is 11.0 Å². The van der Waals surface area contributed by atoms with Gasteiger partial charge in [-0.05, 0) is 43.9 Å². The number of rotatable bonds is 1. The summed E-state index contributed by atoms with van der Waals surface area (Å²) < 4.78 is 5.86. The molecule has 2 unspecified atom stereocenters. The third-order valence-corrected chi connectivity index (χ3v) is 3.70. The molecule has 1 aliphatic rings. The number of oxazole rings is 1. The Morgan fingerprint density at radius 1 is 1.41 bits per heavy atom. The summed E-state index contributed by atoms with van der Waals surface area (Å²) in [6.45, 7) is 1.99. The molecule has 0 radical (unpaired) electrons. The average Bonchev–Trinajstić information content (AvgIpc) is 2.83. The molecule has 1 saturated carbocycles. The lowest BCUT2D eigenvalue weighted by molar-refractivity contribution is 0.470. The number of hydrogen-bond donors (Lipinski definition) is 1. The fourth-order valence-corrected chi connectivity index (χ4v) is 2.86. The van der Waals surface area contributed by atoms with Gasteiger partial charge < -0.3 is 10.2 Å². The second-order valence-corrected chi connectivity index (χ2v) is 5.33. The van der Waals surface area contributed by atoms with Gasteiger partial charge in [0.1, 0.15) is 5.52 Å². The molecule has 1 aliphatic carbocycles. The van der Waals surface area contributed by atoms with Crippen molar-refractivity contribution in [3.8, 4) is 0 Å². The molecule has 17 heavy (non-hydrogen) atoms. The second kappa shape index (κ2) is 4.00. The fourth-order valence-electron chi connectivity index (χ4n) is 2.59. The van der Waals surface area contributed by atoms with Crippen molar-refractivity contribution in [3.05, 3.63) is 28.6 Å². The first-order valence-corrected chi connectivity index (χ1v) is 6.33. The van der Waals surface area contributed by atoms with E-state index in [1.807, 2.05) is 19.1 Å². The number of aryl methyl sites for hydroxylation is 1. The first-order chi connectivity index (χ1) is 8.13. The minimum Gasteiger partial charge on any atom is -0.440 e. The quantitative estimate of drug-likeness (QED) is 0.844. The number of benzene rings is 1. The van der Waals surface area contributed by atoms with Crippen molar-refractivity contribution in [2.45, 2.75) is 38.1 Å². The van der Waals surface area contributed by atoms with Crippen molar-refractivity contribution in [1.82, 2.24) is 4.98 Å². The van der Waals surface area contributed by atoms with Gasteiger partial charge in [-0.25, -0.2) is 4.98 Å². The van der Waals surface area contributed by atoms with Crippen molar-refractivity contribution < 1.29 is 4.42 Å². The summed E-state index contributed by atoms with van der Waals surface area (Å²) in [5.41, 5.74) is 8.66. The Hall–Kier alpha value is -1.06. The zero-order chi connectivity index (χ0) is 12.0. The van der Waals surface area contributed by atoms with E-state index in [1.165, 1.54) is 0 Å². The molecule has 3 nitrogen and oxygen atoms in total. The molecule has 0 amide bonds. The van der Waals surface area contributed by atoms with Crippen LogP contribution in [0.25, 0.3) is 11.1 Å². The first kappa shape index (κ1) is 11.1. The highest BCUT2D eigenvalue weighted by atomic mass is 35.5. The van der Waals surface area contributed by atoms with Crippen molar-refractivity contribution in [1.29, 1.82) is 0 Å². The van der Waals surface area contributed by atoms with Crippen LogP contribution in [0.1, 0.15) is 36.6 Å². The summed E-state index contributed by atoms with van der Waals surface area (Å²) in [5, 5.41) is 0.706. The molecule has 2 atom stereocenters. The van der Waals surface area contributed by atoms with Gasteiger partial charge in [-0.1, -0.05) is 11.6 Å². The summed E-state index contributed by atoms with van der Waals surface area (Å²) in [6, 6.07) is 4.05. The monoisotopic (exact) mass is 250 g/mol. The van der Waals surface area contributed by atoms with E-state index >= 15 is 0 Å². The maximum absolute atomic E-state index is 6.01. The van der Waals surface area contributed by atoms with E-state index in [0.29, 0.717) is 17.0 Å². The molecule has 0 aliphatic heterocycles. The highest BCUT2D eigenvalue weighted by molar-refractivity contribution is 6.31.